The molecule has 35 heavy (non-hydrogen) atoms. The average molecular weight is 496 g/mol. The first kappa shape index (κ1) is 24.6. The quantitative estimate of drug-likeness (QED) is 0.365. The molecule has 0 amide bonds. The van der Waals surface area contributed by atoms with Gasteiger partial charge in [0.15, 0.2) is 0 Å². The third-order valence-corrected chi connectivity index (χ3v) is 5.93. The number of piperazine rings is 1. The van der Waals surface area contributed by atoms with Crippen molar-refractivity contribution in [2.45, 2.75) is 6.92 Å². The van der Waals surface area contributed by atoms with E-state index >= 15 is 0 Å². The third-order valence-electron chi connectivity index (χ3n) is 5.64. The van der Waals surface area contributed by atoms with Crippen LogP contribution in [0.3, 0.4) is 0 Å². The molecule has 9 heteroatoms. The van der Waals surface area contributed by atoms with Crippen molar-refractivity contribution < 1.29 is 13.9 Å². The van der Waals surface area contributed by atoms with Gasteiger partial charge in [-0.05, 0) is 55.4 Å². The number of hydrogen-bond acceptors (Lipinski definition) is 7. The fourth-order valence-electron chi connectivity index (χ4n) is 3.76. The summed E-state index contributed by atoms with van der Waals surface area (Å²) in [5.74, 6) is 0.332. The smallest absolute Gasteiger partial charge is 0.330 e. The topological polar surface area (TPSA) is 70.6 Å². The third kappa shape index (κ3) is 6.35. The maximum absolute atomic E-state index is 13.6. The second kappa shape index (κ2) is 11.3. The Morgan fingerprint density at radius 1 is 1.20 bits per heavy atom. The molecule has 1 aromatic heterocycles. The molecule has 1 fully saturated rings. The summed E-state index contributed by atoms with van der Waals surface area (Å²) in [5, 5.41) is 3.15. The number of nitrogens with zero attached hydrogens (tertiary/aromatic N) is 4. The molecule has 0 atom stereocenters. The van der Waals surface area contributed by atoms with Crippen molar-refractivity contribution in [3.05, 3.63) is 71.1 Å². The van der Waals surface area contributed by atoms with Crippen LogP contribution in [-0.2, 0) is 9.53 Å². The van der Waals surface area contributed by atoms with E-state index in [2.05, 4.69) is 27.1 Å². The van der Waals surface area contributed by atoms with Crippen LogP contribution in [0.2, 0.25) is 5.02 Å². The van der Waals surface area contributed by atoms with Crippen molar-refractivity contribution >= 4 is 41.1 Å². The Kier molecular flexibility index (Phi) is 7.94. The van der Waals surface area contributed by atoms with Gasteiger partial charge in [0, 0.05) is 49.7 Å². The molecule has 4 rings (SSSR count). The van der Waals surface area contributed by atoms with Crippen LogP contribution in [0.4, 0.5) is 21.8 Å². The van der Waals surface area contributed by atoms with Crippen molar-refractivity contribution in [1.29, 1.82) is 0 Å². The van der Waals surface area contributed by atoms with Gasteiger partial charge >= 0.3 is 5.97 Å². The van der Waals surface area contributed by atoms with E-state index in [1.807, 2.05) is 24.3 Å². The molecule has 0 unspecified atom stereocenters. The van der Waals surface area contributed by atoms with Crippen LogP contribution in [0.15, 0.2) is 54.7 Å². The van der Waals surface area contributed by atoms with Crippen LogP contribution >= 0.6 is 11.6 Å². The summed E-state index contributed by atoms with van der Waals surface area (Å²) < 4.78 is 18.5. The highest BCUT2D eigenvalue weighted by Crippen LogP contribution is 2.32. The Labute approximate surface area is 209 Å². The summed E-state index contributed by atoms with van der Waals surface area (Å²) in [6.07, 6.45) is 4.93. The van der Waals surface area contributed by atoms with E-state index in [0.29, 0.717) is 18.2 Å². The van der Waals surface area contributed by atoms with Gasteiger partial charge in [-0.25, -0.2) is 14.2 Å². The van der Waals surface area contributed by atoms with Gasteiger partial charge in [0.05, 0.1) is 11.6 Å². The first-order chi connectivity index (χ1) is 16.9. The van der Waals surface area contributed by atoms with Crippen LogP contribution in [-0.4, -0.2) is 60.7 Å². The van der Waals surface area contributed by atoms with Gasteiger partial charge < -0.3 is 19.9 Å². The fraction of sp³-hybridized carbons (Fsp3) is 0.269. The summed E-state index contributed by atoms with van der Waals surface area (Å²) in [7, 11) is 2.10. The highest BCUT2D eigenvalue weighted by atomic mass is 35.5. The lowest BCUT2D eigenvalue weighted by Gasteiger charge is -2.34. The standard InChI is InChI=1S/C26H27ClFN5O2/c1-3-35-24(34)10-7-18-5-4-6-19(15-18)21-17-29-26(30-20-8-9-23(28)22(27)16-20)31-25(21)33-13-11-32(2)12-14-33/h4-10,15-17H,3,11-14H2,1-2H3,(H,29,30,31)/b10-7+. The van der Waals surface area contributed by atoms with Crippen molar-refractivity contribution in [3.8, 4) is 11.1 Å². The number of halogens is 2. The number of benzene rings is 2. The molecule has 7 nitrogen and oxygen atoms in total. The Morgan fingerprint density at radius 2 is 2.00 bits per heavy atom. The molecule has 0 aliphatic carbocycles. The van der Waals surface area contributed by atoms with Gasteiger partial charge in [0.1, 0.15) is 11.6 Å². The van der Waals surface area contributed by atoms with Crippen LogP contribution in [0.25, 0.3) is 17.2 Å². The number of aromatic nitrogens is 2. The number of nitrogens with one attached hydrogen (secondary N) is 1. The van der Waals surface area contributed by atoms with Crippen molar-refractivity contribution in [2.75, 3.05) is 50.1 Å². The zero-order chi connectivity index (χ0) is 24.8. The van der Waals surface area contributed by atoms with E-state index < -0.39 is 5.82 Å². The van der Waals surface area contributed by atoms with Crippen LogP contribution in [0.1, 0.15) is 12.5 Å². The lowest BCUT2D eigenvalue weighted by atomic mass is 10.0. The summed E-state index contributed by atoms with van der Waals surface area (Å²) in [6.45, 7) is 5.59. The number of rotatable bonds is 7. The Hall–Kier alpha value is -3.49. The van der Waals surface area contributed by atoms with E-state index in [0.717, 1.165) is 48.7 Å². The molecular formula is C26H27ClFN5O2. The van der Waals surface area contributed by atoms with Crippen molar-refractivity contribution in [2.24, 2.45) is 0 Å². The molecule has 3 aromatic rings. The minimum atomic E-state index is -0.483. The van der Waals surface area contributed by atoms with Gasteiger partial charge in [-0.2, -0.15) is 4.98 Å². The van der Waals surface area contributed by atoms with Crippen LogP contribution in [0.5, 0.6) is 0 Å². The summed E-state index contributed by atoms with van der Waals surface area (Å²) in [5.41, 5.74) is 3.27. The zero-order valence-corrected chi connectivity index (χ0v) is 20.4. The van der Waals surface area contributed by atoms with E-state index in [4.69, 9.17) is 21.3 Å². The molecule has 1 N–H and O–H groups in total. The van der Waals surface area contributed by atoms with Gasteiger partial charge in [0.2, 0.25) is 5.95 Å². The summed E-state index contributed by atoms with van der Waals surface area (Å²) in [4.78, 5) is 25.6. The molecule has 0 bridgehead atoms. The lowest BCUT2D eigenvalue weighted by molar-refractivity contribution is -0.137. The van der Waals surface area contributed by atoms with Gasteiger partial charge in [-0.1, -0.05) is 29.8 Å². The highest BCUT2D eigenvalue weighted by molar-refractivity contribution is 6.31. The van der Waals surface area contributed by atoms with Crippen LogP contribution in [0, 0.1) is 5.82 Å². The molecule has 1 aliphatic rings. The lowest BCUT2D eigenvalue weighted by Crippen LogP contribution is -2.45. The largest absolute Gasteiger partial charge is 0.463 e. The number of anilines is 3. The predicted molar refractivity (Wildman–Crippen MR) is 138 cm³/mol. The van der Waals surface area contributed by atoms with Gasteiger partial charge in [-0.15, -0.1) is 0 Å². The highest BCUT2D eigenvalue weighted by Gasteiger charge is 2.20. The van der Waals surface area contributed by atoms with E-state index in [1.54, 1.807) is 25.3 Å². The normalized spacial score (nSPS) is 14.3. The minimum absolute atomic E-state index is 0.0265. The first-order valence-corrected chi connectivity index (χ1v) is 11.8. The number of carbonyl (C=O) groups is 1. The number of esters is 1. The van der Waals surface area contributed by atoms with Crippen molar-refractivity contribution in [1.82, 2.24) is 14.9 Å². The monoisotopic (exact) mass is 495 g/mol. The summed E-state index contributed by atoms with van der Waals surface area (Å²) in [6, 6.07) is 12.2. The molecule has 0 spiro atoms. The molecule has 182 valence electrons. The molecule has 2 aromatic carbocycles. The Balaban J connectivity index is 1.67. The SMILES string of the molecule is CCOC(=O)/C=C/c1cccc(-c2cnc(Nc3ccc(F)c(Cl)c3)nc2N2CCN(C)CC2)c1. The van der Waals surface area contributed by atoms with E-state index in [1.165, 1.54) is 18.2 Å². The van der Waals surface area contributed by atoms with Gasteiger partial charge in [0.25, 0.3) is 0 Å². The summed E-state index contributed by atoms with van der Waals surface area (Å²) >= 11 is 5.93. The maximum atomic E-state index is 13.6. The molecule has 0 saturated carbocycles. The molecule has 0 radical (unpaired) electrons. The molecule has 2 heterocycles. The van der Waals surface area contributed by atoms with E-state index in [-0.39, 0.29) is 11.0 Å². The zero-order valence-electron chi connectivity index (χ0n) is 19.7. The molecule has 1 aliphatic heterocycles. The molecule has 1 saturated heterocycles. The number of hydrogen-bond donors (Lipinski definition) is 1. The second-order valence-electron chi connectivity index (χ2n) is 8.19. The Morgan fingerprint density at radius 3 is 2.74 bits per heavy atom. The van der Waals surface area contributed by atoms with E-state index in [9.17, 15) is 9.18 Å². The second-order valence-corrected chi connectivity index (χ2v) is 8.59. The number of ether oxygens (including phenoxy) is 1. The van der Waals surface area contributed by atoms with Crippen LogP contribution < -0.4 is 10.2 Å². The fourth-order valence-corrected chi connectivity index (χ4v) is 3.94. The predicted octanol–water partition coefficient (Wildman–Crippen LogP) is 5.01. The van der Waals surface area contributed by atoms with Gasteiger partial charge in [-0.3, -0.25) is 0 Å². The molecular weight excluding hydrogens is 469 g/mol. The average Bonchev–Trinajstić information content (AvgIpc) is 2.86. The Bertz CT molecular complexity index is 1230. The number of likely N-dealkylation sites (N-methyl/N-ethyl adjacent to an activating group) is 1. The number of carbonyl (C=O) groups excluding carboxylic acids is 1. The first-order valence-electron chi connectivity index (χ1n) is 11.4. The van der Waals surface area contributed by atoms with Crippen molar-refractivity contribution in [3.63, 3.8) is 0 Å². The minimum Gasteiger partial charge on any atom is -0.463 e. The maximum Gasteiger partial charge on any atom is 0.330 e.